The number of nitrogens with zero attached hydrogens (tertiary/aromatic N) is 1. The zero-order valence-corrected chi connectivity index (χ0v) is 15.1. The van der Waals surface area contributed by atoms with E-state index in [4.69, 9.17) is 16.7 Å². The highest BCUT2D eigenvalue weighted by molar-refractivity contribution is 8.00. The van der Waals surface area contributed by atoms with E-state index in [0.717, 1.165) is 23.9 Å². The lowest BCUT2D eigenvalue weighted by atomic mass is 9.83. The summed E-state index contributed by atoms with van der Waals surface area (Å²) in [5.41, 5.74) is -2.37. The number of piperidine rings is 1. The zero-order valence-electron chi connectivity index (χ0n) is 13.6. The standard InChI is InChI=1S/C16H17ClF3NO4S/c17-12-2-1-10(7-11(12)16(18,19)20)15(25)3-5-21(6-4-15)13(22)8-26-9-14(23)24/h1-2,7,25H,3-6,8-9H2,(H,23,24). The number of amides is 1. The summed E-state index contributed by atoms with van der Waals surface area (Å²) in [4.78, 5) is 24.0. The van der Waals surface area contributed by atoms with Crippen LogP contribution in [-0.2, 0) is 21.4 Å². The molecule has 0 radical (unpaired) electrons. The Hall–Kier alpha value is -1.45. The highest BCUT2D eigenvalue weighted by atomic mass is 35.5. The lowest BCUT2D eigenvalue weighted by molar-refractivity contribution is -0.138. The minimum absolute atomic E-state index is 0.00386. The fourth-order valence-electron chi connectivity index (χ4n) is 2.76. The number of carboxylic acid groups (broad SMARTS) is 1. The van der Waals surface area contributed by atoms with Crippen LogP contribution in [0.25, 0.3) is 0 Å². The first-order chi connectivity index (χ1) is 12.0. The van der Waals surface area contributed by atoms with Crippen molar-refractivity contribution in [1.29, 1.82) is 0 Å². The van der Waals surface area contributed by atoms with Crippen molar-refractivity contribution in [1.82, 2.24) is 4.90 Å². The first-order valence-electron chi connectivity index (χ1n) is 7.70. The molecule has 2 rings (SSSR count). The Bertz CT molecular complexity index is 691. The summed E-state index contributed by atoms with van der Waals surface area (Å²) in [6.45, 7) is 0.347. The average molecular weight is 412 g/mol. The molecule has 0 aromatic heterocycles. The predicted molar refractivity (Wildman–Crippen MR) is 91.1 cm³/mol. The summed E-state index contributed by atoms with van der Waals surface area (Å²) in [5, 5.41) is 18.9. The fourth-order valence-corrected chi connectivity index (χ4v) is 3.62. The molecule has 5 nitrogen and oxygen atoms in total. The second-order valence-corrected chi connectivity index (χ2v) is 7.38. The fraction of sp³-hybridized carbons (Fsp3) is 0.500. The van der Waals surface area contributed by atoms with Crippen molar-refractivity contribution in [3.63, 3.8) is 0 Å². The number of carboxylic acids is 1. The van der Waals surface area contributed by atoms with Crippen molar-refractivity contribution in [2.45, 2.75) is 24.6 Å². The van der Waals surface area contributed by atoms with Gasteiger partial charge in [0.1, 0.15) is 0 Å². The summed E-state index contributed by atoms with van der Waals surface area (Å²) >= 11 is 6.57. The molecule has 1 aliphatic heterocycles. The molecule has 0 unspecified atom stereocenters. The van der Waals surface area contributed by atoms with Gasteiger partial charge in [0.2, 0.25) is 5.91 Å². The van der Waals surface area contributed by atoms with E-state index in [2.05, 4.69) is 0 Å². The third-order valence-corrected chi connectivity index (χ3v) is 5.44. The molecule has 0 spiro atoms. The van der Waals surface area contributed by atoms with Crippen molar-refractivity contribution in [3.05, 3.63) is 34.3 Å². The molecule has 0 aliphatic carbocycles. The van der Waals surface area contributed by atoms with E-state index in [-0.39, 0.29) is 48.9 Å². The monoisotopic (exact) mass is 411 g/mol. The van der Waals surface area contributed by atoms with Crippen LogP contribution in [0.2, 0.25) is 5.02 Å². The highest BCUT2D eigenvalue weighted by Gasteiger charge is 2.39. The molecule has 1 saturated heterocycles. The molecule has 0 bridgehead atoms. The second kappa shape index (κ2) is 8.06. The zero-order chi connectivity index (χ0) is 19.5. The molecule has 1 fully saturated rings. The lowest BCUT2D eigenvalue weighted by Crippen LogP contribution is -2.45. The second-order valence-electron chi connectivity index (χ2n) is 5.99. The van der Waals surface area contributed by atoms with Crippen LogP contribution in [0.1, 0.15) is 24.0 Å². The van der Waals surface area contributed by atoms with Crippen molar-refractivity contribution in [2.24, 2.45) is 0 Å². The molecule has 26 heavy (non-hydrogen) atoms. The molecule has 1 amide bonds. The SMILES string of the molecule is O=C(O)CSCC(=O)N1CCC(O)(c2ccc(Cl)c(C(F)(F)F)c2)CC1. The summed E-state index contributed by atoms with van der Waals surface area (Å²) in [7, 11) is 0. The first-order valence-corrected chi connectivity index (χ1v) is 9.23. The van der Waals surface area contributed by atoms with Gasteiger partial charge in [-0.15, -0.1) is 11.8 Å². The molecule has 1 aromatic carbocycles. The van der Waals surface area contributed by atoms with Crippen molar-refractivity contribution >= 4 is 35.2 Å². The third kappa shape index (κ3) is 5.05. The molecule has 0 atom stereocenters. The number of carbonyl (C=O) groups is 2. The van der Waals surface area contributed by atoms with Gasteiger partial charge in [-0.2, -0.15) is 13.2 Å². The number of benzene rings is 1. The van der Waals surface area contributed by atoms with E-state index in [1.165, 1.54) is 11.0 Å². The van der Waals surface area contributed by atoms with Gasteiger partial charge >= 0.3 is 12.1 Å². The van der Waals surface area contributed by atoms with Gasteiger partial charge < -0.3 is 15.1 Å². The third-order valence-electron chi connectivity index (χ3n) is 4.20. The Morgan fingerprint density at radius 1 is 1.23 bits per heavy atom. The Labute approximate surface area is 157 Å². The van der Waals surface area contributed by atoms with E-state index in [0.29, 0.717) is 0 Å². The smallest absolute Gasteiger partial charge is 0.417 e. The van der Waals surface area contributed by atoms with E-state index in [1.54, 1.807) is 0 Å². The number of halogens is 4. The van der Waals surface area contributed by atoms with E-state index < -0.39 is 28.3 Å². The largest absolute Gasteiger partial charge is 0.481 e. The number of rotatable bonds is 5. The van der Waals surface area contributed by atoms with Gasteiger partial charge in [-0.1, -0.05) is 17.7 Å². The van der Waals surface area contributed by atoms with Crippen LogP contribution in [0.5, 0.6) is 0 Å². The van der Waals surface area contributed by atoms with Gasteiger partial charge in [0.25, 0.3) is 0 Å². The molecule has 144 valence electrons. The summed E-state index contributed by atoms with van der Waals surface area (Å²) < 4.78 is 39.0. The Balaban J connectivity index is 2.03. The number of thioether (sulfide) groups is 1. The van der Waals surface area contributed by atoms with Crippen LogP contribution < -0.4 is 0 Å². The van der Waals surface area contributed by atoms with Crippen LogP contribution in [0.3, 0.4) is 0 Å². The summed E-state index contributed by atoms with van der Waals surface area (Å²) in [5.74, 6) is -1.46. The highest BCUT2D eigenvalue weighted by Crippen LogP contribution is 2.39. The summed E-state index contributed by atoms with van der Waals surface area (Å²) in [6.07, 6.45) is -4.45. The first kappa shape index (κ1) is 20.9. The number of alkyl halides is 3. The average Bonchev–Trinajstić information content (AvgIpc) is 2.54. The minimum atomic E-state index is -4.62. The number of aliphatic hydroxyl groups is 1. The Morgan fingerprint density at radius 2 is 1.85 bits per heavy atom. The van der Waals surface area contributed by atoms with Crippen molar-refractivity contribution in [2.75, 3.05) is 24.6 Å². The maximum Gasteiger partial charge on any atom is 0.417 e. The van der Waals surface area contributed by atoms with Crippen LogP contribution in [0.4, 0.5) is 13.2 Å². The molecular weight excluding hydrogens is 395 g/mol. The predicted octanol–water partition coefficient (Wildman–Crippen LogP) is 2.99. The van der Waals surface area contributed by atoms with Crippen LogP contribution in [0, 0.1) is 0 Å². The minimum Gasteiger partial charge on any atom is -0.481 e. The van der Waals surface area contributed by atoms with Gasteiger partial charge in [-0.05, 0) is 30.5 Å². The molecule has 1 heterocycles. The van der Waals surface area contributed by atoms with E-state index >= 15 is 0 Å². The molecule has 10 heteroatoms. The topological polar surface area (TPSA) is 77.8 Å². The molecule has 1 aromatic rings. The molecule has 1 aliphatic rings. The quantitative estimate of drug-likeness (QED) is 0.778. The van der Waals surface area contributed by atoms with Gasteiger partial charge in [-0.3, -0.25) is 9.59 Å². The molecular formula is C16H17ClF3NO4S. The van der Waals surface area contributed by atoms with Gasteiger partial charge in [0.15, 0.2) is 0 Å². The normalized spacial score (nSPS) is 17.2. The Kier molecular flexibility index (Phi) is 6.46. The van der Waals surface area contributed by atoms with Crippen molar-refractivity contribution < 1.29 is 33.0 Å². The molecule has 0 saturated carbocycles. The van der Waals surface area contributed by atoms with Crippen LogP contribution in [0.15, 0.2) is 18.2 Å². The summed E-state index contributed by atoms with van der Waals surface area (Å²) in [6, 6.07) is 3.32. The van der Waals surface area contributed by atoms with Crippen molar-refractivity contribution in [3.8, 4) is 0 Å². The number of carbonyl (C=O) groups excluding carboxylic acids is 1. The van der Waals surface area contributed by atoms with E-state index in [9.17, 15) is 27.9 Å². The Morgan fingerprint density at radius 3 is 2.38 bits per heavy atom. The number of hydrogen-bond acceptors (Lipinski definition) is 4. The van der Waals surface area contributed by atoms with Gasteiger partial charge in [0, 0.05) is 13.1 Å². The molecule has 2 N–H and O–H groups in total. The lowest BCUT2D eigenvalue weighted by Gasteiger charge is -2.38. The number of likely N-dealkylation sites (tertiary alicyclic amines) is 1. The number of aliphatic carboxylic acids is 1. The van der Waals surface area contributed by atoms with Crippen LogP contribution >= 0.6 is 23.4 Å². The number of hydrogen-bond donors (Lipinski definition) is 2. The van der Waals surface area contributed by atoms with Gasteiger partial charge in [0.05, 0.1) is 27.7 Å². The van der Waals surface area contributed by atoms with E-state index in [1.807, 2.05) is 0 Å². The van der Waals surface area contributed by atoms with Gasteiger partial charge in [-0.25, -0.2) is 0 Å². The maximum atomic E-state index is 13.0. The van der Waals surface area contributed by atoms with Crippen LogP contribution in [-0.4, -0.2) is 51.6 Å². The maximum absolute atomic E-state index is 13.0.